The van der Waals surface area contributed by atoms with Gasteiger partial charge in [-0.3, -0.25) is 9.59 Å². The minimum Gasteiger partial charge on any atom is -0.273 e. The van der Waals surface area contributed by atoms with Crippen LogP contribution in [0.2, 0.25) is 0 Å². The van der Waals surface area contributed by atoms with Crippen molar-refractivity contribution in [2.45, 2.75) is 101 Å². The molecule has 0 aliphatic carbocycles. The third-order valence-electron chi connectivity index (χ3n) is 3.42. The highest BCUT2D eigenvalue weighted by Gasteiger charge is 2.12. The zero-order chi connectivity index (χ0) is 23.5. The van der Waals surface area contributed by atoms with E-state index in [-0.39, 0.29) is 11.8 Å². The average molecular weight is 424 g/mol. The van der Waals surface area contributed by atoms with E-state index in [0.717, 1.165) is 36.2 Å². The van der Waals surface area contributed by atoms with E-state index in [1.165, 1.54) is 4.68 Å². The monoisotopic (exact) mass is 423 g/mol. The van der Waals surface area contributed by atoms with Crippen molar-refractivity contribution in [3.8, 4) is 0 Å². The molecule has 0 saturated carbocycles. The van der Waals surface area contributed by atoms with Gasteiger partial charge in [0.15, 0.2) is 5.82 Å². The third-order valence-corrected chi connectivity index (χ3v) is 3.42. The molecule has 2 aromatic rings. The van der Waals surface area contributed by atoms with Crippen LogP contribution in [0.4, 0.5) is 0 Å². The Kier molecular flexibility index (Phi) is 18.4. The van der Waals surface area contributed by atoms with Gasteiger partial charge in [-0.15, -0.1) is 15.3 Å². The Morgan fingerprint density at radius 1 is 0.967 bits per heavy atom. The van der Waals surface area contributed by atoms with E-state index in [9.17, 15) is 9.59 Å². The van der Waals surface area contributed by atoms with Gasteiger partial charge < -0.3 is 0 Å². The summed E-state index contributed by atoms with van der Waals surface area (Å²) in [6.07, 6.45) is 5.98. The van der Waals surface area contributed by atoms with Crippen molar-refractivity contribution in [3.05, 3.63) is 17.7 Å². The highest BCUT2D eigenvalue weighted by molar-refractivity contribution is 5.78. The van der Waals surface area contributed by atoms with Crippen molar-refractivity contribution in [3.63, 3.8) is 0 Å². The van der Waals surface area contributed by atoms with Gasteiger partial charge in [0.1, 0.15) is 0 Å². The summed E-state index contributed by atoms with van der Waals surface area (Å²) >= 11 is 0. The summed E-state index contributed by atoms with van der Waals surface area (Å²) in [7, 11) is 0. The van der Waals surface area contributed by atoms with Crippen LogP contribution in [0.5, 0.6) is 0 Å². The highest BCUT2D eigenvalue weighted by atomic mass is 16.2. The molecule has 0 aromatic carbocycles. The second-order valence-electron chi connectivity index (χ2n) is 6.37. The van der Waals surface area contributed by atoms with E-state index in [4.69, 9.17) is 0 Å². The molecule has 0 radical (unpaired) electrons. The number of hydrogen-bond donors (Lipinski definition) is 0. The van der Waals surface area contributed by atoms with Crippen LogP contribution in [0.1, 0.15) is 109 Å². The van der Waals surface area contributed by atoms with Crippen LogP contribution in [0, 0.1) is 5.92 Å². The Hall–Kier alpha value is -2.45. The lowest BCUT2D eigenvalue weighted by Gasteiger charge is -2.04. The van der Waals surface area contributed by atoms with Crippen LogP contribution < -0.4 is 0 Å². The Balaban J connectivity index is 0. The van der Waals surface area contributed by atoms with Gasteiger partial charge in [0, 0.05) is 19.3 Å². The van der Waals surface area contributed by atoms with Crippen LogP contribution in [-0.2, 0) is 12.8 Å². The molecule has 0 N–H and O–H groups in total. The molecule has 0 spiro atoms. The van der Waals surface area contributed by atoms with E-state index in [2.05, 4.69) is 25.7 Å². The first-order valence-corrected chi connectivity index (χ1v) is 11.2. The number of rotatable bonds is 7. The van der Waals surface area contributed by atoms with Crippen LogP contribution in [0.3, 0.4) is 0 Å². The van der Waals surface area contributed by atoms with Gasteiger partial charge in [0.05, 0.1) is 11.9 Å². The number of aromatic nitrogens is 7. The smallest absolute Gasteiger partial charge is 0.266 e. The fourth-order valence-corrected chi connectivity index (χ4v) is 2.13. The number of hydrogen-bond acceptors (Lipinski definition) is 7. The molecular weight excluding hydrogens is 382 g/mol. The van der Waals surface area contributed by atoms with Crippen molar-refractivity contribution in [1.82, 2.24) is 35.2 Å². The molecule has 0 aliphatic rings. The van der Waals surface area contributed by atoms with Gasteiger partial charge in [0.25, 0.3) is 5.91 Å². The fourth-order valence-electron chi connectivity index (χ4n) is 2.13. The van der Waals surface area contributed by atoms with E-state index >= 15 is 0 Å². The number of carbonyl (C=O) groups is 2. The number of carbonyl (C=O) groups excluding carboxylic acids is 2. The van der Waals surface area contributed by atoms with E-state index < -0.39 is 0 Å². The largest absolute Gasteiger partial charge is 0.273 e. The third kappa shape index (κ3) is 11.5. The van der Waals surface area contributed by atoms with Crippen LogP contribution in [-0.4, -0.2) is 47.0 Å². The maximum Gasteiger partial charge on any atom is 0.266 e. The normalized spacial score (nSPS) is 9.53. The minimum atomic E-state index is -0.0858. The zero-order valence-corrected chi connectivity index (χ0v) is 20.3. The molecule has 9 heteroatoms. The molecule has 2 rings (SSSR count). The lowest BCUT2D eigenvalue weighted by Crippen LogP contribution is -2.17. The van der Waals surface area contributed by atoms with Crippen LogP contribution in [0.25, 0.3) is 0 Å². The quantitative estimate of drug-likeness (QED) is 0.638. The molecule has 0 bridgehead atoms. The van der Waals surface area contributed by atoms with E-state index in [0.29, 0.717) is 24.6 Å². The minimum absolute atomic E-state index is 0.0318. The van der Waals surface area contributed by atoms with Gasteiger partial charge in [-0.2, -0.15) is 4.68 Å². The molecule has 0 saturated heterocycles. The summed E-state index contributed by atoms with van der Waals surface area (Å²) in [6, 6.07) is 0. The predicted octanol–water partition coefficient (Wildman–Crippen LogP) is 4.65. The molecule has 0 aliphatic heterocycles. The summed E-state index contributed by atoms with van der Waals surface area (Å²) in [5.41, 5.74) is 0.880. The van der Waals surface area contributed by atoms with Crippen molar-refractivity contribution in [2.75, 3.05) is 0 Å². The SMILES string of the molecule is CC.CC.CCCC(=O)n1nnc(CCC)n1.CCc1cnnn1C(=O)CC(C)C. The average Bonchev–Trinajstić information content (AvgIpc) is 3.41. The molecule has 0 fully saturated rings. The maximum atomic E-state index is 11.6. The van der Waals surface area contributed by atoms with Gasteiger partial charge >= 0.3 is 0 Å². The van der Waals surface area contributed by atoms with Crippen LogP contribution >= 0.6 is 0 Å². The highest BCUT2D eigenvalue weighted by Crippen LogP contribution is 2.04. The first kappa shape index (κ1) is 29.7. The number of nitrogens with zero attached hydrogens (tertiary/aromatic N) is 7. The van der Waals surface area contributed by atoms with Gasteiger partial charge in [-0.25, -0.2) is 0 Å². The van der Waals surface area contributed by atoms with Gasteiger partial charge in [-0.1, -0.05) is 72.3 Å². The lowest BCUT2D eigenvalue weighted by molar-refractivity contribution is 0.0856. The first-order chi connectivity index (χ1) is 14.4. The standard InChI is InChI=1S/C9H15N3O.C8H14N4O.2C2H6/c1-4-8-6-10-11-12(8)9(13)5-7(2)3;1-3-5-7-9-11-12(10-7)8(13)6-4-2;2*1-2/h6-7H,4-5H2,1-3H3;3-6H2,1-2H3;2*1-2H3. The summed E-state index contributed by atoms with van der Waals surface area (Å²) in [5, 5.41) is 18.9. The number of aryl methyl sites for hydroxylation is 2. The van der Waals surface area contributed by atoms with Crippen molar-refractivity contribution in [2.24, 2.45) is 5.92 Å². The molecule has 0 amide bonds. The first-order valence-electron chi connectivity index (χ1n) is 11.2. The van der Waals surface area contributed by atoms with E-state index in [1.807, 2.05) is 62.3 Å². The van der Waals surface area contributed by atoms with Gasteiger partial charge in [-0.05, 0) is 30.4 Å². The molecular formula is C21H41N7O2. The summed E-state index contributed by atoms with van der Waals surface area (Å²) in [4.78, 5) is 23.9. The lowest BCUT2D eigenvalue weighted by atomic mass is 10.1. The summed E-state index contributed by atoms with van der Waals surface area (Å²) in [6.45, 7) is 18.0. The zero-order valence-electron chi connectivity index (χ0n) is 20.3. The van der Waals surface area contributed by atoms with Gasteiger partial charge in [0.2, 0.25) is 5.91 Å². The molecule has 0 unspecified atom stereocenters. The van der Waals surface area contributed by atoms with Crippen LogP contribution in [0.15, 0.2) is 6.20 Å². The van der Waals surface area contributed by atoms with Crippen molar-refractivity contribution < 1.29 is 9.59 Å². The summed E-state index contributed by atoms with van der Waals surface area (Å²) in [5.74, 6) is 0.954. The Bertz CT molecular complexity index is 693. The molecule has 30 heavy (non-hydrogen) atoms. The summed E-state index contributed by atoms with van der Waals surface area (Å²) < 4.78 is 1.40. The molecule has 2 aromatic heterocycles. The Morgan fingerprint density at radius 2 is 1.60 bits per heavy atom. The molecule has 9 nitrogen and oxygen atoms in total. The van der Waals surface area contributed by atoms with Crippen molar-refractivity contribution >= 4 is 11.8 Å². The Morgan fingerprint density at radius 3 is 2.10 bits per heavy atom. The van der Waals surface area contributed by atoms with Crippen molar-refractivity contribution in [1.29, 1.82) is 0 Å². The second-order valence-corrected chi connectivity index (χ2v) is 6.37. The van der Waals surface area contributed by atoms with E-state index in [1.54, 1.807) is 6.20 Å². The molecule has 172 valence electrons. The molecule has 0 atom stereocenters. The number of tetrazole rings is 1. The maximum absolute atomic E-state index is 11.6. The molecule has 2 heterocycles. The second kappa shape index (κ2) is 18.6. The topological polar surface area (TPSA) is 108 Å². The fraction of sp³-hybridized carbons (Fsp3) is 0.762. The predicted molar refractivity (Wildman–Crippen MR) is 120 cm³/mol. The Labute approximate surface area is 181 Å².